The van der Waals surface area contributed by atoms with Crippen LogP contribution in [0.1, 0.15) is 11.1 Å². The average molecular weight is 313 g/mol. The molecule has 1 heterocycles. The number of hydrogen-bond acceptors (Lipinski definition) is 5. The number of carbonyl (C=O) groups is 1. The van der Waals surface area contributed by atoms with E-state index in [0.717, 1.165) is 0 Å². The minimum atomic E-state index is -0.289. The number of methoxy groups -OCH3 is 2. The normalized spacial score (nSPS) is 14.5. The second kappa shape index (κ2) is 5.57. The number of benzene rings is 2. The Morgan fingerprint density at radius 3 is 2.39 bits per heavy atom. The fourth-order valence-electron chi connectivity index (χ4n) is 2.47. The lowest BCUT2D eigenvalue weighted by molar-refractivity contribution is -0.110. The van der Waals surface area contributed by atoms with Crippen LogP contribution < -0.4 is 14.8 Å². The van der Waals surface area contributed by atoms with Gasteiger partial charge >= 0.3 is 0 Å². The fourth-order valence-corrected chi connectivity index (χ4v) is 2.47. The zero-order valence-corrected chi connectivity index (χ0v) is 12.6. The number of aromatic hydroxyl groups is 2. The van der Waals surface area contributed by atoms with E-state index in [2.05, 4.69) is 5.32 Å². The third-order valence-electron chi connectivity index (χ3n) is 3.62. The van der Waals surface area contributed by atoms with Gasteiger partial charge in [0.05, 0.1) is 19.9 Å². The maximum Gasteiger partial charge on any atom is 0.256 e. The Bertz CT molecular complexity index is 826. The van der Waals surface area contributed by atoms with Crippen LogP contribution in [0.3, 0.4) is 0 Å². The van der Waals surface area contributed by atoms with E-state index in [1.807, 2.05) is 0 Å². The van der Waals surface area contributed by atoms with Gasteiger partial charge < -0.3 is 25.0 Å². The molecule has 1 aliphatic rings. The topological polar surface area (TPSA) is 88.0 Å². The van der Waals surface area contributed by atoms with Crippen LogP contribution >= 0.6 is 0 Å². The summed E-state index contributed by atoms with van der Waals surface area (Å²) in [6.07, 6.45) is 1.56. The highest BCUT2D eigenvalue weighted by atomic mass is 16.5. The number of rotatable bonds is 3. The molecule has 6 heteroatoms. The van der Waals surface area contributed by atoms with Gasteiger partial charge in [0.25, 0.3) is 5.91 Å². The zero-order chi connectivity index (χ0) is 16.6. The highest BCUT2D eigenvalue weighted by molar-refractivity contribution is 6.35. The minimum absolute atomic E-state index is 0.0488. The molecule has 0 atom stereocenters. The summed E-state index contributed by atoms with van der Waals surface area (Å²) in [6, 6.07) is 7.58. The van der Waals surface area contributed by atoms with Crippen molar-refractivity contribution in [2.75, 3.05) is 19.5 Å². The van der Waals surface area contributed by atoms with Crippen molar-refractivity contribution in [1.29, 1.82) is 0 Å². The maximum atomic E-state index is 12.2. The molecular weight excluding hydrogens is 298 g/mol. The lowest BCUT2D eigenvalue weighted by Crippen LogP contribution is -2.03. The molecule has 0 aliphatic carbocycles. The molecular formula is C17H15NO5. The van der Waals surface area contributed by atoms with Crippen molar-refractivity contribution in [3.8, 4) is 23.0 Å². The standard InChI is InChI=1S/C17H15NO5/c1-22-15-7-11-12(5-9-3-4-10(19)6-14(9)20)17(21)18-13(11)8-16(15)23-2/h3-8,19-20H,1-2H3,(H,18,21)/b12-5+. The van der Waals surface area contributed by atoms with Crippen molar-refractivity contribution < 1.29 is 24.5 Å². The van der Waals surface area contributed by atoms with Crippen molar-refractivity contribution in [1.82, 2.24) is 0 Å². The molecule has 118 valence electrons. The smallest absolute Gasteiger partial charge is 0.256 e. The van der Waals surface area contributed by atoms with E-state index < -0.39 is 0 Å². The van der Waals surface area contributed by atoms with Gasteiger partial charge in [-0.25, -0.2) is 0 Å². The Morgan fingerprint density at radius 2 is 1.74 bits per heavy atom. The molecule has 6 nitrogen and oxygen atoms in total. The summed E-state index contributed by atoms with van der Waals surface area (Å²) < 4.78 is 10.5. The van der Waals surface area contributed by atoms with E-state index in [4.69, 9.17) is 9.47 Å². The molecule has 1 aliphatic heterocycles. The number of anilines is 1. The summed E-state index contributed by atoms with van der Waals surface area (Å²) >= 11 is 0. The Hall–Kier alpha value is -3.15. The van der Waals surface area contributed by atoms with E-state index in [1.54, 1.807) is 18.2 Å². The van der Waals surface area contributed by atoms with Crippen LogP contribution in [0.2, 0.25) is 0 Å². The first kappa shape index (κ1) is 14.8. The van der Waals surface area contributed by atoms with E-state index in [0.29, 0.717) is 33.9 Å². The Kier molecular flexibility index (Phi) is 3.57. The fraction of sp³-hybridized carbons (Fsp3) is 0.118. The van der Waals surface area contributed by atoms with Crippen LogP contribution in [0.5, 0.6) is 23.0 Å². The zero-order valence-electron chi connectivity index (χ0n) is 12.6. The van der Waals surface area contributed by atoms with E-state index >= 15 is 0 Å². The third-order valence-corrected chi connectivity index (χ3v) is 3.62. The summed E-state index contributed by atoms with van der Waals surface area (Å²) in [6.45, 7) is 0. The molecule has 0 bridgehead atoms. The van der Waals surface area contributed by atoms with Crippen LogP contribution in [0, 0.1) is 0 Å². The van der Waals surface area contributed by atoms with Crippen molar-refractivity contribution in [2.24, 2.45) is 0 Å². The minimum Gasteiger partial charge on any atom is -0.508 e. The molecule has 3 rings (SSSR count). The molecule has 0 radical (unpaired) electrons. The van der Waals surface area contributed by atoms with Crippen LogP contribution in [-0.2, 0) is 4.79 Å². The largest absolute Gasteiger partial charge is 0.508 e. The molecule has 2 aromatic rings. The summed E-state index contributed by atoms with van der Waals surface area (Å²) in [5.41, 5.74) is 2.08. The number of amides is 1. The van der Waals surface area contributed by atoms with Gasteiger partial charge in [0.2, 0.25) is 0 Å². The van der Waals surface area contributed by atoms with Crippen LogP contribution in [-0.4, -0.2) is 30.3 Å². The quantitative estimate of drug-likeness (QED) is 0.758. The number of nitrogens with one attached hydrogen (secondary N) is 1. The van der Waals surface area contributed by atoms with Gasteiger partial charge in [-0.3, -0.25) is 4.79 Å². The molecule has 0 unspecified atom stereocenters. The first-order chi connectivity index (χ1) is 11.0. The van der Waals surface area contributed by atoms with Gasteiger partial charge in [0.1, 0.15) is 11.5 Å². The molecule has 2 aromatic carbocycles. The maximum absolute atomic E-state index is 12.2. The van der Waals surface area contributed by atoms with Crippen molar-refractivity contribution in [2.45, 2.75) is 0 Å². The summed E-state index contributed by atoms with van der Waals surface area (Å²) in [7, 11) is 3.04. The molecule has 1 amide bonds. The average Bonchev–Trinajstić information content (AvgIpc) is 2.83. The summed E-state index contributed by atoms with van der Waals surface area (Å²) in [5.74, 6) is 0.568. The molecule has 0 fully saturated rings. The lowest BCUT2D eigenvalue weighted by Gasteiger charge is -2.09. The lowest BCUT2D eigenvalue weighted by atomic mass is 10.0. The van der Waals surface area contributed by atoms with Crippen LogP contribution in [0.15, 0.2) is 30.3 Å². The predicted molar refractivity (Wildman–Crippen MR) is 85.8 cm³/mol. The number of fused-ring (bicyclic) bond motifs is 1. The third kappa shape index (κ3) is 2.55. The van der Waals surface area contributed by atoms with E-state index in [-0.39, 0.29) is 17.4 Å². The SMILES string of the molecule is COc1cc2c(cc1OC)/C(=C\c1ccc(O)cc1O)C(=O)N2. The number of phenols is 2. The highest BCUT2D eigenvalue weighted by Crippen LogP contribution is 2.41. The Morgan fingerprint density at radius 1 is 1.04 bits per heavy atom. The van der Waals surface area contributed by atoms with Crippen LogP contribution in [0.25, 0.3) is 11.6 Å². The van der Waals surface area contributed by atoms with Gasteiger partial charge in [0, 0.05) is 28.8 Å². The van der Waals surface area contributed by atoms with Gasteiger partial charge in [-0.2, -0.15) is 0 Å². The molecule has 0 spiro atoms. The highest BCUT2D eigenvalue weighted by Gasteiger charge is 2.26. The molecule has 3 N–H and O–H groups in total. The van der Waals surface area contributed by atoms with Gasteiger partial charge in [-0.05, 0) is 24.3 Å². The number of ether oxygens (including phenoxy) is 2. The predicted octanol–water partition coefficient (Wildman–Crippen LogP) is 2.61. The molecule has 0 saturated carbocycles. The van der Waals surface area contributed by atoms with E-state index in [1.165, 1.54) is 32.4 Å². The first-order valence-electron chi connectivity index (χ1n) is 6.85. The van der Waals surface area contributed by atoms with Crippen molar-refractivity contribution >= 4 is 23.2 Å². The summed E-state index contributed by atoms with van der Waals surface area (Å²) in [4.78, 5) is 12.2. The monoisotopic (exact) mass is 313 g/mol. The van der Waals surface area contributed by atoms with E-state index in [9.17, 15) is 15.0 Å². The summed E-state index contributed by atoms with van der Waals surface area (Å²) in [5, 5.41) is 22.0. The Balaban J connectivity index is 2.12. The molecule has 0 saturated heterocycles. The van der Waals surface area contributed by atoms with Crippen molar-refractivity contribution in [3.63, 3.8) is 0 Å². The van der Waals surface area contributed by atoms with Gasteiger partial charge in [0.15, 0.2) is 11.5 Å². The van der Waals surface area contributed by atoms with Crippen LogP contribution in [0.4, 0.5) is 5.69 Å². The Labute approximate surface area is 132 Å². The number of carbonyl (C=O) groups excluding carboxylic acids is 1. The molecule has 0 aromatic heterocycles. The van der Waals surface area contributed by atoms with Gasteiger partial charge in [-0.1, -0.05) is 0 Å². The molecule has 23 heavy (non-hydrogen) atoms. The van der Waals surface area contributed by atoms with Gasteiger partial charge in [-0.15, -0.1) is 0 Å². The number of hydrogen-bond donors (Lipinski definition) is 3. The second-order valence-electron chi connectivity index (χ2n) is 5.01. The first-order valence-corrected chi connectivity index (χ1v) is 6.85. The second-order valence-corrected chi connectivity index (χ2v) is 5.01. The van der Waals surface area contributed by atoms with Crippen molar-refractivity contribution in [3.05, 3.63) is 41.5 Å². The number of phenolic OH excluding ortho intramolecular Hbond substituents is 2.